The maximum Gasteiger partial charge on any atom is 0.220 e. The molecule has 0 heterocycles. The van der Waals surface area contributed by atoms with Crippen molar-refractivity contribution in [3.05, 3.63) is 0 Å². The molecule has 0 aromatic carbocycles. The molecule has 5 nitrogen and oxygen atoms in total. The van der Waals surface area contributed by atoms with Gasteiger partial charge in [-0.25, -0.2) is 0 Å². The van der Waals surface area contributed by atoms with Crippen molar-refractivity contribution in [1.29, 1.82) is 0 Å². The van der Waals surface area contributed by atoms with Crippen LogP contribution < -0.4 is 11.1 Å². The van der Waals surface area contributed by atoms with Crippen molar-refractivity contribution in [2.45, 2.75) is 13.3 Å². The number of rotatable bonds is 9. The van der Waals surface area contributed by atoms with E-state index in [4.69, 9.17) is 15.2 Å². The van der Waals surface area contributed by atoms with Crippen LogP contribution in [0.3, 0.4) is 0 Å². The van der Waals surface area contributed by atoms with Gasteiger partial charge in [-0.15, -0.1) is 0 Å². The van der Waals surface area contributed by atoms with Crippen LogP contribution in [0.2, 0.25) is 0 Å². The molecule has 0 saturated heterocycles. The SMILES string of the molecule is COCCOCCNC(=O)CC(C)CN. The van der Waals surface area contributed by atoms with E-state index >= 15 is 0 Å². The van der Waals surface area contributed by atoms with Gasteiger partial charge in [0.25, 0.3) is 0 Å². The van der Waals surface area contributed by atoms with E-state index in [0.717, 1.165) is 0 Å². The molecule has 1 amide bonds. The van der Waals surface area contributed by atoms with Crippen LogP contribution >= 0.6 is 0 Å². The van der Waals surface area contributed by atoms with Crippen LogP contribution in [0.5, 0.6) is 0 Å². The Morgan fingerprint density at radius 1 is 1.40 bits per heavy atom. The molecule has 0 aliphatic rings. The molecule has 5 heteroatoms. The minimum absolute atomic E-state index is 0.0308. The Hall–Kier alpha value is -0.650. The van der Waals surface area contributed by atoms with Gasteiger partial charge in [-0.1, -0.05) is 6.92 Å². The molecular weight excluding hydrogens is 196 g/mol. The van der Waals surface area contributed by atoms with Crippen LogP contribution in [0.15, 0.2) is 0 Å². The highest BCUT2D eigenvalue weighted by molar-refractivity contribution is 5.76. The third kappa shape index (κ3) is 9.65. The van der Waals surface area contributed by atoms with Crippen LogP contribution in [0, 0.1) is 5.92 Å². The molecule has 0 fully saturated rings. The highest BCUT2D eigenvalue weighted by Crippen LogP contribution is 1.97. The quantitative estimate of drug-likeness (QED) is 0.523. The van der Waals surface area contributed by atoms with Gasteiger partial charge in [0.05, 0.1) is 19.8 Å². The molecule has 0 aromatic rings. The Morgan fingerprint density at radius 3 is 2.73 bits per heavy atom. The maximum atomic E-state index is 11.3. The van der Waals surface area contributed by atoms with Gasteiger partial charge in [0, 0.05) is 20.1 Å². The molecule has 3 N–H and O–H groups in total. The zero-order valence-corrected chi connectivity index (χ0v) is 9.62. The molecule has 0 bridgehead atoms. The van der Waals surface area contributed by atoms with Gasteiger partial charge in [0.2, 0.25) is 5.91 Å². The molecule has 0 aliphatic heterocycles. The Bertz CT molecular complexity index is 165. The number of carbonyl (C=O) groups is 1. The van der Waals surface area contributed by atoms with Crippen LogP contribution in [-0.2, 0) is 14.3 Å². The predicted molar refractivity (Wildman–Crippen MR) is 58.5 cm³/mol. The van der Waals surface area contributed by atoms with E-state index in [0.29, 0.717) is 39.3 Å². The summed E-state index contributed by atoms with van der Waals surface area (Å²) in [5, 5.41) is 2.76. The van der Waals surface area contributed by atoms with Crippen LogP contribution in [0.25, 0.3) is 0 Å². The highest BCUT2D eigenvalue weighted by atomic mass is 16.5. The first-order chi connectivity index (χ1) is 7.20. The molecule has 1 unspecified atom stereocenters. The van der Waals surface area contributed by atoms with Gasteiger partial charge < -0.3 is 20.5 Å². The van der Waals surface area contributed by atoms with Gasteiger partial charge in [0.1, 0.15) is 0 Å². The lowest BCUT2D eigenvalue weighted by Crippen LogP contribution is -2.30. The highest BCUT2D eigenvalue weighted by Gasteiger charge is 2.06. The van der Waals surface area contributed by atoms with Crippen LogP contribution in [0.4, 0.5) is 0 Å². The second-order valence-corrected chi connectivity index (χ2v) is 3.50. The summed E-state index contributed by atoms with van der Waals surface area (Å²) in [6, 6.07) is 0. The van der Waals surface area contributed by atoms with Crippen molar-refractivity contribution in [2.75, 3.05) is 40.0 Å². The summed E-state index contributed by atoms with van der Waals surface area (Å²) in [6.45, 7) is 4.70. The molecule has 1 atom stereocenters. The fraction of sp³-hybridized carbons (Fsp3) is 0.900. The van der Waals surface area contributed by atoms with Gasteiger partial charge in [-0.3, -0.25) is 4.79 Å². The van der Waals surface area contributed by atoms with Crippen molar-refractivity contribution < 1.29 is 14.3 Å². The van der Waals surface area contributed by atoms with Gasteiger partial charge in [0.15, 0.2) is 0 Å². The first-order valence-corrected chi connectivity index (χ1v) is 5.24. The number of methoxy groups -OCH3 is 1. The molecule has 0 rings (SSSR count). The minimum atomic E-state index is 0.0308. The summed E-state index contributed by atoms with van der Waals surface area (Å²) in [7, 11) is 1.62. The number of hydrogen-bond acceptors (Lipinski definition) is 4. The van der Waals surface area contributed by atoms with E-state index in [9.17, 15) is 4.79 Å². The van der Waals surface area contributed by atoms with Crippen molar-refractivity contribution in [1.82, 2.24) is 5.32 Å². The fourth-order valence-corrected chi connectivity index (χ4v) is 0.979. The van der Waals surface area contributed by atoms with Crippen molar-refractivity contribution in [2.24, 2.45) is 11.7 Å². The Kier molecular flexibility index (Phi) is 9.46. The molecule has 15 heavy (non-hydrogen) atoms. The van der Waals surface area contributed by atoms with Crippen molar-refractivity contribution in [3.63, 3.8) is 0 Å². The van der Waals surface area contributed by atoms with Gasteiger partial charge in [-0.05, 0) is 12.5 Å². The average Bonchev–Trinajstić information content (AvgIpc) is 2.23. The Labute approximate surface area is 91.3 Å². The molecule has 90 valence electrons. The molecule has 0 radical (unpaired) electrons. The number of nitrogens with two attached hydrogens (primary N) is 1. The molecular formula is C10H22N2O3. The van der Waals surface area contributed by atoms with E-state index in [2.05, 4.69) is 5.32 Å². The van der Waals surface area contributed by atoms with E-state index in [1.54, 1.807) is 7.11 Å². The molecule has 0 spiro atoms. The molecule has 0 aromatic heterocycles. The largest absolute Gasteiger partial charge is 0.382 e. The first-order valence-electron chi connectivity index (χ1n) is 5.24. The maximum absolute atomic E-state index is 11.3. The van der Waals surface area contributed by atoms with E-state index in [1.807, 2.05) is 6.92 Å². The van der Waals surface area contributed by atoms with E-state index in [1.165, 1.54) is 0 Å². The minimum Gasteiger partial charge on any atom is -0.382 e. The fourth-order valence-electron chi connectivity index (χ4n) is 0.979. The lowest BCUT2D eigenvalue weighted by atomic mass is 10.1. The first kappa shape index (κ1) is 14.3. The smallest absolute Gasteiger partial charge is 0.220 e. The zero-order valence-electron chi connectivity index (χ0n) is 9.62. The van der Waals surface area contributed by atoms with Gasteiger partial charge >= 0.3 is 0 Å². The Balaban J connectivity index is 3.24. The predicted octanol–water partition coefficient (Wildman–Crippen LogP) is -0.249. The lowest BCUT2D eigenvalue weighted by molar-refractivity contribution is -0.122. The second kappa shape index (κ2) is 9.89. The van der Waals surface area contributed by atoms with Crippen molar-refractivity contribution in [3.8, 4) is 0 Å². The number of hydrogen-bond donors (Lipinski definition) is 2. The summed E-state index contributed by atoms with van der Waals surface area (Å²) in [6.07, 6.45) is 0.481. The normalized spacial score (nSPS) is 12.5. The Morgan fingerprint density at radius 2 is 2.13 bits per heavy atom. The van der Waals surface area contributed by atoms with E-state index < -0.39 is 0 Å². The standard InChI is InChI=1S/C10H22N2O3/c1-9(8-11)7-10(13)12-3-4-15-6-5-14-2/h9H,3-8,11H2,1-2H3,(H,12,13). The number of amides is 1. The van der Waals surface area contributed by atoms with E-state index in [-0.39, 0.29) is 11.8 Å². The topological polar surface area (TPSA) is 73.6 Å². The number of carbonyl (C=O) groups excluding carboxylic acids is 1. The third-order valence-electron chi connectivity index (χ3n) is 1.94. The lowest BCUT2D eigenvalue weighted by Gasteiger charge is -2.09. The summed E-state index contributed by atoms with van der Waals surface area (Å²) in [4.78, 5) is 11.3. The van der Waals surface area contributed by atoms with Crippen LogP contribution in [0.1, 0.15) is 13.3 Å². The third-order valence-corrected chi connectivity index (χ3v) is 1.94. The second-order valence-electron chi connectivity index (χ2n) is 3.50. The number of nitrogens with one attached hydrogen (secondary N) is 1. The summed E-state index contributed by atoms with van der Waals surface area (Å²) >= 11 is 0. The molecule has 0 aliphatic carbocycles. The summed E-state index contributed by atoms with van der Waals surface area (Å²) in [5.41, 5.74) is 5.41. The average molecular weight is 218 g/mol. The van der Waals surface area contributed by atoms with Crippen LogP contribution in [-0.4, -0.2) is 45.9 Å². The van der Waals surface area contributed by atoms with Crippen molar-refractivity contribution >= 4 is 5.91 Å². The van der Waals surface area contributed by atoms with Gasteiger partial charge in [-0.2, -0.15) is 0 Å². The molecule has 0 saturated carbocycles. The number of ether oxygens (including phenoxy) is 2. The monoisotopic (exact) mass is 218 g/mol. The summed E-state index contributed by atoms with van der Waals surface area (Å²) < 4.78 is 10.0. The zero-order chi connectivity index (χ0) is 11.5. The summed E-state index contributed by atoms with van der Waals surface area (Å²) in [5.74, 6) is 0.266.